The Bertz CT molecular complexity index is 572. The van der Waals surface area contributed by atoms with Crippen molar-refractivity contribution in [1.82, 2.24) is 25.3 Å². The second-order valence-corrected chi connectivity index (χ2v) is 3.37. The Morgan fingerprint density at radius 3 is 2.67 bits per heavy atom. The van der Waals surface area contributed by atoms with Crippen LogP contribution in [0.1, 0.15) is 16.3 Å². The van der Waals surface area contributed by atoms with Crippen LogP contribution in [0, 0.1) is 0 Å². The first kappa shape index (κ1) is 11.7. The first-order chi connectivity index (χ1) is 8.66. The van der Waals surface area contributed by atoms with E-state index in [1.165, 1.54) is 18.6 Å². The van der Waals surface area contributed by atoms with Crippen molar-refractivity contribution >= 4 is 17.5 Å². The highest BCUT2D eigenvalue weighted by atomic mass is 16.1. The van der Waals surface area contributed by atoms with E-state index in [0.29, 0.717) is 11.6 Å². The number of carbonyl (C=O) groups excluding carboxylic acids is 1. The summed E-state index contributed by atoms with van der Waals surface area (Å²) in [5, 5.41) is 2.58. The molecule has 0 fully saturated rings. The third-order valence-electron chi connectivity index (χ3n) is 2.08. The van der Waals surface area contributed by atoms with Crippen LogP contribution in [-0.4, -0.2) is 25.8 Å². The molecule has 8 nitrogen and oxygen atoms in total. The third-order valence-corrected chi connectivity index (χ3v) is 2.08. The van der Waals surface area contributed by atoms with E-state index in [0.717, 1.165) is 0 Å². The van der Waals surface area contributed by atoms with Gasteiger partial charge in [-0.25, -0.2) is 19.9 Å². The summed E-state index contributed by atoms with van der Waals surface area (Å²) < 4.78 is 0. The molecule has 0 saturated heterocycles. The number of nitrogens with one attached hydrogen (secondary N) is 1. The second-order valence-electron chi connectivity index (χ2n) is 3.37. The van der Waals surface area contributed by atoms with E-state index in [1.807, 2.05) is 0 Å². The minimum absolute atomic E-state index is 0.0707. The van der Waals surface area contributed by atoms with Gasteiger partial charge in [-0.05, 0) is 6.07 Å². The zero-order valence-corrected chi connectivity index (χ0v) is 9.37. The van der Waals surface area contributed by atoms with Gasteiger partial charge >= 0.3 is 0 Å². The van der Waals surface area contributed by atoms with E-state index in [1.54, 1.807) is 6.07 Å². The molecule has 2 aromatic heterocycles. The molecule has 0 radical (unpaired) electrons. The highest BCUT2D eigenvalue weighted by Gasteiger charge is 2.11. The molecule has 0 unspecified atom stereocenters. The molecule has 0 bridgehead atoms. The highest BCUT2D eigenvalue weighted by molar-refractivity contribution is 5.96. The molecule has 2 heterocycles. The van der Waals surface area contributed by atoms with Crippen LogP contribution in [0.3, 0.4) is 0 Å². The Balaban J connectivity index is 2.03. The smallest absolute Gasteiger partial charge is 0.274 e. The Morgan fingerprint density at radius 1 is 1.17 bits per heavy atom. The first-order valence-corrected chi connectivity index (χ1v) is 5.09. The predicted octanol–water partition coefficient (Wildman–Crippen LogP) is -0.639. The highest BCUT2D eigenvalue weighted by Crippen LogP contribution is 2.03. The molecule has 0 aliphatic heterocycles. The van der Waals surface area contributed by atoms with E-state index in [4.69, 9.17) is 11.5 Å². The molecule has 92 valence electrons. The molecule has 1 amide bonds. The molecule has 0 aromatic carbocycles. The summed E-state index contributed by atoms with van der Waals surface area (Å²) in [6.07, 6.45) is 4.32. The Morgan fingerprint density at radius 2 is 1.94 bits per heavy atom. The van der Waals surface area contributed by atoms with Gasteiger partial charge in [0.25, 0.3) is 5.91 Å². The van der Waals surface area contributed by atoms with Gasteiger partial charge in [0, 0.05) is 18.6 Å². The van der Waals surface area contributed by atoms with E-state index in [2.05, 4.69) is 25.3 Å². The number of hydrogen-bond acceptors (Lipinski definition) is 7. The largest absolute Gasteiger partial charge is 0.384 e. The van der Waals surface area contributed by atoms with Gasteiger partial charge in [0.1, 0.15) is 11.6 Å². The standard InChI is InChI=1S/C10H11N7O/c11-6-1-2-13-7(17-6)5-16-10(18)8-9(12)15-4-3-14-8/h1-4H,5H2,(H2,12,15)(H,16,18)(H2,11,13,17). The van der Waals surface area contributed by atoms with Crippen molar-refractivity contribution in [2.75, 3.05) is 11.5 Å². The van der Waals surface area contributed by atoms with Crippen LogP contribution in [0.25, 0.3) is 0 Å². The van der Waals surface area contributed by atoms with Crippen LogP contribution in [-0.2, 0) is 6.54 Å². The molecule has 8 heteroatoms. The van der Waals surface area contributed by atoms with Gasteiger partial charge in [0.2, 0.25) is 0 Å². The number of nitrogens with two attached hydrogens (primary N) is 2. The molecule has 5 N–H and O–H groups in total. The lowest BCUT2D eigenvalue weighted by Gasteiger charge is -2.05. The van der Waals surface area contributed by atoms with Gasteiger partial charge in [-0.1, -0.05) is 0 Å². The zero-order valence-electron chi connectivity index (χ0n) is 9.37. The third kappa shape index (κ3) is 2.67. The van der Waals surface area contributed by atoms with Gasteiger partial charge in [0.15, 0.2) is 11.5 Å². The van der Waals surface area contributed by atoms with Crippen LogP contribution >= 0.6 is 0 Å². The fraction of sp³-hybridized carbons (Fsp3) is 0.100. The average molecular weight is 245 g/mol. The summed E-state index contributed by atoms with van der Waals surface area (Å²) in [4.78, 5) is 27.3. The molecular weight excluding hydrogens is 234 g/mol. The lowest BCUT2D eigenvalue weighted by atomic mass is 10.3. The Kier molecular flexibility index (Phi) is 3.28. The lowest BCUT2D eigenvalue weighted by Crippen LogP contribution is -2.26. The van der Waals surface area contributed by atoms with Crippen molar-refractivity contribution in [1.29, 1.82) is 0 Å². The van der Waals surface area contributed by atoms with Crippen LogP contribution in [0.5, 0.6) is 0 Å². The number of hydrogen-bond donors (Lipinski definition) is 3. The monoisotopic (exact) mass is 245 g/mol. The summed E-state index contributed by atoms with van der Waals surface area (Å²) in [7, 11) is 0. The molecule has 2 aromatic rings. The number of nitrogen functional groups attached to an aromatic ring is 2. The summed E-state index contributed by atoms with van der Waals surface area (Å²) in [5.74, 6) is 0.384. The minimum atomic E-state index is -0.438. The van der Waals surface area contributed by atoms with E-state index in [9.17, 15) is 4.79 Å². The Hall–Kier alpha value is -2.77. The van der Waals surface area contributed by atoms with Crippen LogP contribution in [0.2, 0.25) is 0 Å². The van der Waals surface area contributed by atoms with E-state index < -0.39 is 5.91 Å². The van der Waals surface area contributed by atoms with Gasteiger partial charge < -0.3 is 16.8 Å². The fourth-order valence-corrected chi connectivity index (χ4v) is 1.27. The van der Waals surface area contributed by atoms with E-state index in [-0.39, 0.29) is 18.1 Å². The average Bonchev–Trinajstić information content (AvgIpc) is 2.37. The normalized spacial score (nSPS) is 10.0. The van der Waals surface area contributed by atoms with Gasteiger partial charge in [0.05, 0.1) is 6.54 Å². The lowest BCUT2D eigenvalue weighted by molar-refractivity contribution is 0.0945. The first-order valence-electron chi connectivity index (χ1n) is 5.09. The molecule has 18 heavy (non-hydrogen) atoms. The predicted molar refractivity (Wildman–Crippen MR) is 64.1 cm³/mol. The molecule has 0 saturated carbocycles. The molecule has 0 aliphatic carbocycles. The topological polar surface area (TPSA) is 133 Å². The van der Waals surface area contributed by atoms with Crippen molar-refractivity contribution < 1.29 is 4.79 Å². The number of nitrogens with zero attached hydrogens (tertiary/aromatic N) is 4. The quantitative estimate of drug-likeness (QED) is 0.655. The van der Waals surface area contributed by atoms with E-state index >= 15 is 0 Å². The van der Waals surface area contributed by atoms with Gasteiger partial charge in [-0.15, -0.1) is 0 Å². The summed E-state index contributed by atoms with van der Waals surface area (Å²) >= 11 is 0. The van der Waals surface area contributed by atoms with Crippen molar-refractivity contribution in [3.8, 4) is 0 Å². The maximum atomic E-state index is 11.7. The number of rotatable bonds is 3. The van der Waals surface area contributed by atoms with Crippen molar-refractivity contribution in [3.05, 3.63) is 36.2 Å². The van der Waals surface area contributed by atoms with Gasteiger partial charge in [-0.2, -0.15) is 0 Å². The SMILES string of the molecule is Nc1ccnc(CNC(=O)c2nccnc2N)n1. The second kappa shape index (κ2) is 5.04. The summed E-state index contributed by atoms with van der Waals surface area (Å²) in [5.41, 5.74) is 11.1. The number of aromatic nitrogens is 4. The van der Waals surface area contributed by atoms with Gasteiger partial charge in [-0.3, -0.25) is 4.79 Å². The molecule has 2 rings (SSSR count). The van der Waals surface area contributed by atoms with Crippen molar-refractivity contribution in [2.24, 2.45) is 0 Å². The molecular formula is C10H11N7O. The van der Waals surface area contributed by atoms with Crippen LogP contribution in [0.4, 0.5) is 11.6 Å². The summed E-state index contributed by atoms with van der Waals surface area (Å²) in [6.45, 7) is 0.139. The minimum Gasteiger partial charge on any atom is -0.384 e. The number of anilines is 2. The molecule has 0 spiro atoms. The number of carbonyl (C=O) groups is 1. The maximum Gasteiger partial charge on any atom is 0.274 e. The van der Waals surface area contributed by atoms with Crippen molar-refractivity contribution in [2.45, 2.75) is 6.54 Å². The van der Waals surface area contributed by atoms with Crippen molar-refractivity contribution in [3.63, 3.8) is 0 Å². The zero-order chi connectivity index (χ0) is 13.0. The van der Waals surface area contributed by atoms with Crippen LogP contribution in [0.15, 0.2) is 24.7 Å². The Labute approximate surface area is 102 Å². The summed E-state index contributed by atoms with van der Waals surface area (Å²) in [6, 6.07) is 1.56. The molecule has 0 atom stereocenters. The van der Waals surface area contributed by atoms with Crippen LogP contribution < -0.4 is 16.8 Å². The fourth-order valence-electron chi connectivity index (χ4n) is 1.27. The molecule has 0 aliphatic rings. The number of amides is 1. The maximum absolute atomic E-state index is 11.7.